The molecule has 0 radical (unpaired) electrons. The van der Waals surface area contributed by atoms with Gasteiger partial charge in [0.15, 0.2) is 0 Å². The fourth-order valence-corrected chi connectivity index (χ4v) is 4.69. The first kappa shape index (κ1) is 22.4. The molecule has 0 bridgehead atoms. The molecular formula is C23H36N4O3. The molecule has 3 rings (SSSR count). The number of aromatic nitrogens is 1. The number of nitrogens with zero attached hydrogens (tertiary/aromatic N) is 3. The molecule has 30 heavy (non-hydrogen) atoms. The fourth-order valence-electron chi connectivity index (χ4n) is 4.69. The second-order valence-electron chi connectivity index (χ2n) is 8.75. The van der Waals surface area contributed by atoms with E-state index in [0.717, 1.165) is 51.0 Å². The van der Waals surface area contributed by atoms with Crippen molar-refractivity contribution in [2.45, 2.75) is 70.8 Å². The highest BCUT2D eigenvalue weighted by atomic mass is 16.4. The van der Waals surface area contributed by atoms with Crippen molar-refractivity contribution in [3.63, 3.8) is 0 Å². The zero-order valence-electron chi connectivity index (χ0n) is 18.4. The molecule has 1 saturated heterocycles. The third-order valence-electron chi connectivity index (χ3n) is 6.40. The standard InChI is InChI=1S/C23H36N4O3/c1-3-13-24-22-19(23(30)26(2)18-9-5-4-6-10-18)11-12-20(25-22)27-14-7-8-17(16-27)15-21(28)29/h11-12,17-18H,3-10,13-16H2,1-2H3,(H,24,25)(H,28,29)/t17-/m0/s1. The minimum Gasteiger partial charge on any atom is -0.481 e. The van der Waals surface area contributed by atoms with Gasteiger partial charge in [-0.3, -0.25) is 9.59 Å². The highest BCUT2D eigenvalue weighted by Crippen LogP contribution is 2.28. The van der Waals surface area contributed by atoms with Crippen molar-refractivity contribution in [2.24, 2.45) is 5.92 Å². The van der Waals surface area contributed by atoms with Crippen LogP contribution in [0.1, 0.15) is 75.1 Å². The van der Waals surface area contributed by atoms with Gasteiger partial charge in [0.1, 0.15) is 11.6 Å². The van der Waals surface area contributed by atoms with Crippen LogP contribution in [0.15, 0.2) is 12.1 Å². The van der Waals surface area contributed by atoms with Gasteiger partial charge < -0.3 is 20.2 Å². The van der Waals surface area contributed by atoms with Crippen molar-refractivity contribution in [2.75, 3.05) is 36.9 Å². The maximum absolute atomic E-state index is 13.3. The number of rotatable bonds is 8. The van der Waals surface area contributed by atoms with Crippen LogP contribution < -0.4 is 10.2 Å². The number of carbonyl (C=O) groups is 2. The van der Waals surface area contributed by atoms with E-state index in [-0.39, 0.29) is 18.2 Å². The fraction of sp³-hybridized carbons (Fsp3) is 0.696. The Morgan fingerprint density at radius 1 is 1.20 bits per heavy atom. The number of pyridine rings is 1. The van der Waals surface area contributed by atoms with Crippen LogP contribution in [0.5, 0.6) is 0 Å². The van der Waals surface area contributed by atoms with Crippen molar-refractivity contribution < 1.29 is 14.7 Å². The summed E-state index contributed by atoms with van der Waals surface area (Å²) < 4.78 is 0. The summed E-state index contributed by atoms with van der Waals surface area (Å²) >= 11 is 0. The van der Waals surface area contributed by atoms with Gasteiger partial charge in [-0.05, 0) is 50.2 Å². The molecule has 1 saturated carbocycles. The number of hydrogen-bond acceptors (Lipinski definition) is 5. The summed E-state index contributed by atoms with van der Waals surface area (Å²) in [6, 6.07) is 4.12. The second kappa shape index (κ2) is 10.6. The molecular weight excluding hydrogens is 380 g/mol. The first-order valence-corrected chi connectivity index (χ1v) is 11.5. The van der Waals surface area contributed by atoms with Gasteiger partial charge in [0, 0.05) is 39.1 Å². The number of carboxylic acids is 1. The maximum atomic E-state index is 13.3. The van der Waals surface area contributed by atoms with Crippen LogP contribution in [0.2, 0.25) is 0 Å². The number of carboxylic acid groups (broad SMARTS) is 1. The number of anilines is 2. The van der Waals surface area contributed by atoms with Crippen molar-refractivity contribution in [1.29, 1.82) is 0 Å². The van der Waals surface area contributed by atoms with E-state index in [9.17, 15) is 9.59 Å². The summed E-state index contributed by atoms with van der Waals surface area (Å²) in [5.74, 6) is 0.889. The third kappa shape index (κ3) is 5.64. The lowest BCUT2D eigenvalue weighted by atomic mass is 9.94. The third-order valence-corrected chi connectivity index (χ3v) is 6.40. The lowest BCUT2D eigenvalue weighted by Gasteiger charge is -2.34. The van der Waals surface area contributed by atoms with Crippen LogP contribution in [0, 0.1) is 5.92 Å². The zero-order valence-corrected chi connectivity index (χ0v) is 18.4. The second-order valence-corrected chi connectivity index (χ2v) is 8.75. The normalized spacial score (nSPS) is 20.1. The van der Waals surface area contributed by atoms with Crippen LogP contribution in [0.25, 0.3) is 0 Å². The Hall–Kier alpha value is -2.31. The number of nitrogens with one attached hydrogen (secondary N) is 1. The minimum atomic E-state index is -0.744. The SMILES string of the molecule is CCCNc1nc(N2CCC[C@@H](CC(=O)O)C2)ccc1C(=O)N(C)C1CCCCC1. The summed E-state index contributed by atoms with van der Waals surface area (Å²) in [7, 11) is 1.91. The Morgan fingerprint density at radius 3 is 2.67 bits per heavy atom. The quantitative estimate of drug-likeness (QED) is 0.666. The van der Waals surface area contributed by atoms with E-state index in [4.69, 9.17) is 10.1 Å². The lowest BCUT2D eigenvalue weighted by molar-refractivity contribution is -0.138. The monoisotopic (exact) mass is 416 g/mol. The predicted molar refractivity (Wildman–Crippen MR) is 119 cm³/mol. The molecule has 7 heteroatoms. The van der Waals surface area contributed by atoms with Crippen LogP contribution in [0.3, 0.4) is 0 Å². The van der Waals surface area contributed by atoms with Crippen LogP contribution in [-0.2, 0) is 4.79 Å². The van der Waals surface area contributed by atoms with Gasteiger partial charge >= 0.3 is 5.97 Å². The summed E-state index contributed by atoms with van der Waals surface area (Å²) in [6.45, 7) is 4.41. The van der Waals surface area contributed by atoms with Crippen molar-refractivity contribution in [3.8, 4) is 0 Å². The van der Waals surface area contributed by atoms with Gasteiger partial charge in [-0.15, -0.1) is 0 Å². The maximum Gasteiger partial charge on any atom is 0.303 e. The summed E-state index contributed by atoms with van der Waals surface area (Å²) in [5, 5.41) is 12.5. The molecule has 1 aromatic heterocycles. The van der Waals surface area contributed by atoms with E-state index in [1.165, 1.54) is 19.3 Å². The Balaban J connectivity index is 1.79. The molecule has 0 unspecified atom stereocenters. The largest absolute Gasteiger partial charge is 0.481 e. The van der Waals surface area contributed by atoms with Crippen LogP contribution in [0.4, 0.5) is 11.6 Å². The molecule has 0 spiro atoms. The number of hydrogen-bond donors (Lipinski definition) is 2. The zero-order chi connectivity index (χ0) is 21.5. The first-order chi connectivity index (χ1) is 14.5. The molecule has 1 amide bonds. The first-order valence-electron chi connectivity index (χ1n) is 11.5. The number of aliphatic carboxylic acids is 1. The lowest BCUT2D eigenvalue weighted by Crippen LogP contribution is -2.39. The molecule has 7 nitrogen and oxygen atoms in total. The Morgan fingerprint density at radius 2 is 1.97 bits per heavy atom. The number of amides is 1. The summed E-state index contributed by atoms with van der Waals surface area (Å²) in [4.78, 5) is 33.2. The summed E-state index contributed by atoms with van der Waals surface area (Å²) in [5.41, 5.74) is 0.624. The van der Waals surface area contributed by atoms with Gasteiger partial charge in [0.05, 0.1) is 5.56 Å². The van der Waals surface area contributed by atoms with E-state index in [2.05, 4.69) is 17.1 Å². The average Bonchev–Trinajstić information content (AvgIpc) is 2.77. The van der Waals surface area contributed by atoms with Crippen molar-refractivity contribution in [1.82, 2.24) is 9.88 Å². The molecule has 0 aromatic carbocycles. The summed E-state index contributed by atoms with van der Waals surface area (Å²) in [6.07, 6.45) is 8.82. The molecule has 1 aromatic rings. The van der Waals surface area contributed by atoms with Crippen molar-refractivity contribution in [3.05, 3.63) is 17.7 Å². The molecule has 1 aliphatic heterocycles. The van der Waals surface area contributed by atoms with Gasteiger partial charge in [-0.1, -0.05) is 26.2 Å². The molecule has 1 aliphatic carbocycles. The molecule has 2 heterocycles. The van der Waals surface area contributed by atoms with Crippen LogP contribution >= 0.6 is 0 Å². The Labute approximate surface area is 179 Å². The molecule has 2 fully saturated rings. The Bertz CT molecular complexity index is 733. The molecule has 2 aliphatic rings. The predicted octanol–water partition coefficient (Wildman–Crippen LogP) is 4.00. The van der Waals surface area contributed by atoms with E-state index in [1.807, 2.05) is 24.1 Å². The van der Waals surface area contributed by atoms with Crippen LogP contribution in [-0.4, -0.2) is 59.6 Å². The van der Waals surface area contributed by atoms with E-state index in [1.54, 1.807) is 0 Å². The average molecular weight is 417 g/mol. The van der Waals surface area contributed by atoms with Gasteiger partial charge in [-0.25, -0.2) is 4.98 Å². The topological polar surface area (TPSA) is 85.8 Å². The van der Waals surface area contributed by atoms with Crippen molar-refractivity contribution >= 4 is 23.5 Å². The number of piperidine rings is 1. The van der Waals surface area contributed by atoms with E-state index < -0.39 is 5.97 Å². The van der Waals surface area contributed by atoms with Gasteiger partial charge in [0.2, 0.25) is 0 Å². The van der Waals surface area contributed by atoms with E-state index in [0.29, 0.717) is 24.0 Å². The smallest absolute Gasteiger partial charge is 0.303 e. The Kier molecular flexibility index (Phi) is 7.94. The molecule has 2 N–H and O–H groups in total. The number of carbonyl (C=O) groups excluding carboxylic acids is 1. The van der Waals surface area contributed by atoms with Gasteiger partial charge in [-0.2, -0.15) is 0 Å². The van der Waals surface area contributed by atoms with E-state index >= 15 is 0 Å². The highest BCUT2D eigenvalue weighted by molar-refractivity contribution is 5.99. The molecule has 1 atom stereocenters. The molecule has 166 valence electrons. The minimum absolute atomic E-state index is 0.0296. The highest BCUT2D eigenvalue weighted by Gasteiger charge is 2.27. The van der Waals surface area contributed by atoms with Gasteiger partial charge in [0.25, 0.3) is 5.91 Å².